The lowest BCUT2D eigenvalue weighted by Crippen LogP contribution is -2.39. The largest absolute Gasteiger partial charge is 0.417 e. The second-order valence-electron chi connectivity index (χ2n) is 8.29. The number of alkyl halides is 3. The summed E-state index contributed by atoms with van der Waals surface area (Å²) in [6, 6.07) is 10.7. The molecule has 186 valence electrons. The van der Waals surface area contributed by atoms with Gasteiger partial charge in [0.25, 0.3) is 5.56 Å². The summed E-state index contributed by atoms with van der Waals surface area (Å²) < 4.78 is 66.1. The quantitative estimate of drug-likeness (QED) is 0.388. The van der Waals surface area contributed by atoms with E-state index < -0.39 is 51.6 Å². The van der Waals surface area contributed by atoms with Crippen molar-refractivity contribution in [3.05, 3.63) is 70.0 Å². The van der Waals surface area contributed by atoms with Crippen molar-refractivity contribution < 1.29 is 31.5 Å². The van der Waals surface area contributed by atoms with Crippen LogP contribution >= 0.6 is 0 Å². The van der Waals surface area contributed by atoms with Gasteiger partial charge in [-0.15, -0.1) is 0 Å². The molecule has 0 bridgehead atoms. The number of H-pyrrole nitrogens is 1. The molecule has 1 aromatic heterocycles. The van der Waals surface area contributed by atoms with Crippen LogP contribution in [0.2, 0.25) is 0 Å². The number of aliphatic hydroxyl groups excluding tert-OH is 1. The van der Waals surface area contributed by atoms with E-state index in [4.69, 9.17) is 5.11 Å². The van der Waals surface area contributed by atoms with Crippen LogP contribution in [0.5, 0.6) is 0 Å². The number of benzene rings is 2. The van der Waals surface area contributed by atoms with E-state index in [-0.39, 0.29) is 35.5 Å². The first-order valence-corrected chi connectivity index (χ1v) is 12.4. The molecule has 2 heterocycles. The number of aliphatic hydroxyl groups is 1. The summed E-state index contributed by atoms with van der Waals surface area (Å²) in [5.41, 5.74) is -1.05. The highest BCUT2D eigenvalue weighted by Crippen LogP contribution is 2.37. The molecular weight excluding hydrogens is 487 g/mol. The van der Waals surface area contributed by atoms with Crippen molar-refractivity contribution >= 4 is 26.7 Å². The molecule has 1 aliphatic rings. The van der Waals surface area contributed by atoms with Crippen molar-refractivity contribution in [2.24, 2.45) is 0 Å². The number of nitrogens with one attached hydrogen (secondary N) is 3. The van der Waals surface area contributed by atoms with Crippen LogP contribution in [0.1, 0.15) is 23.5 Å². The third-order valence-electron chi connectivity index (χ3n) is 5.89. The van der Waals surface area contributed by atoms with Crippen molar-refractivity contribution in [1.82, 2.24) is 15.0 Å². The van der Waals surface area contributed by atoms with Crippen LogP contribution in [0.3, 0.4) is 0 Å². The highest BCUT2D eigenvalue weighted by molar-refractivity contribution is 7.89. The highest BCUT2D eigenvalue weighted by Gasteiger charge is 2.35. The minimum absolute atomic E-state index is 0.0250. The maximum atomic E-state index is 13.4. The van der Waals surface area contributed by atoms with Gasteiger partial charge in [0.15, 0.2) is 0 Å². The highest BCUT2D eigenvalue weighted by atomic mass is 32.2. The standard InChI is InChI=1S/C23H22F3N3O5S/c24-23(25,26)19-4-2-1-3-16(19)20-10-14-6-5-13(9-17(14)22(32)29-20)18-11-15(28-21(18)31)12-27-35(33,34)8-7-30/h1-6,9-10,15,18,27,30H,7-8,11-12H2,(H,28,31)(H,29,32)/t15?,18-/m1/s1. The molecule has 12 heteroatoms. The van der Waals surface area contributed by atoms with Gasteiger partial charge in [0.05, 0.1) is 23.8 Å². The van der Waals surface area contributed by atoms with Gasteiger partial charge >= 0.3 is 6.18 Å². The number of carbonyl (C=O) groups is 1. The second-order valence-corrected chi connectivity index (χ2v) is 10.2. The SMILES string of the molecule is O=C1NC(CNS(=O)(=O)CCO)C[C@@H]1c1ccc2cc(-c3ccccc3C(F)(F)F)[nH]c(=O)c2c1. The number of rotatable bonds is 7. The van der Waals surface area contributed by atoms with Gasteiger partial charge in [-0.3, -0.25) is 9.59 Å². The van der Waals surface area contributed by atoms with E-state index in [2.05, 4.69) is 15.0 Å². The number of hydrogen-bond acceptors (Lipinski definition) is 5. The van der Waals surface area contributed by atoms with E-state index in [1.54, 1.807) is 12.1 Å². The molecule has 1 amide bonds. The molecule has 3 aromatic rings. The Bertz CT molecular complexity index is 1440. The summed E-state index contributed by atoms with van der Waals surface area (Å²) in [6.07, 6.45) is -4.31. The van der Waals surface area contributed by atoms with E-state index in [0.717, 1.165) is 6.07 Å². The molecule has 35 heavy (non-hydrogen) atoms. The van der Waals surface area contributed by atoms with Gasteiger partial charge in [-0.05, 0) is 35.6 Å². The van der Waals surface area contributed by atoms with Crippen molar-refractivity contribution in [2.75, 3.05) is 18.9 Å². The van der Waals surface area contributed by atoms with Crippen molar-refractivity contribution in [2.45, 2.75) is 24.6 Å². The van der Waals surface area contributed by atoms with Gasteiger partial charge in [-0.25, -0.2) is 13.1 Å². The van der Waals surface area contributed by atoms with E-state index in [1.807, 2.05) is 0 Å². The number of carbonyl (C=O) groups excluding carboxylic acids is 1. The zero-order valence-electron chi connectivity index (χ0n) is 18.2. The number of aromatic amines is 1. The van der Waals surface area contributed by atoms with E-state index in [0.29, 0.717) is 10.9 Å². The Morgan fingerprint density at radius 1 is 1.09 bits per heavy atom. The molecule has 1 saturated heterocycles. The van der Waals surface area contributed by atoms with Gasteiger partial charge in [-0.2, -0.15) is 13.2 Å². The smallest absolute Gasteiger partial charge is 0.395 e. The number of aromatic nitrogens is 1. The fraction of sp³-hybridized carbons (Fsp3) is 0.304. The summed E-state index contributed by atoms with van der Waals surface area (Å²) in [4.78, 5) is 27.8. The van der Waals surface area contributed by atoms with E-state index in [1.165, 1.54) is 30.3 Å². The van der Waals surface area contributed by atoms with Gasteiger partial charge in [0.1, 0.15) is 0 Å². The molecule has 0 spiro atoms. The fourth-order valence-corrected chi connectivity index (χ4v) is 5.04. The van der Waals surface area contributed by atoms with Crippen molar-refractivity contribution in [3.8, 4) is 11.3 Å². The zero-order chi connectivity index (χ0) is 25.4. The lowest BCUT2D eigenvalue weighted by Gasteiger charge is -2.14. The molecule has 1 fully saturated rings. The number of hydrogen-bond donors (Lipinski definition) is 4. The first-order valence-electron chi connectivity index (χ1n) is 10.7. The maximum absolute atomic E-state index is 13.4. The number of halogens is 3. The molecular formula is C23H22F3N3O5S. The fourth-order valence-electron chi connectivity index (χ4n) is 4.20. The first-order chi connectivity index (χ1) is 16.5. The van der Waals surface area contributed by atoms with Crippen LogP contribution in [-0.4, -0.2) is 49.4 Å². The average molecular weight is 510 g/mol. The third kappa shape index (κ3) is 5.39. The normalized spacial score (nSPS) is 18.7. The summed E-state index contributed by atoms with van der Waals surface area (Å²) in [5.74, 6) is -1.40. The predicted molar refractivity (Wildman–Crippen MR) is 123 cm³/mol. The van der Waals surface area contributed by atoms with Crippen molar-refractivity contribution in [3.63, 3.8) is 0 Å². The Labute approximate surface area is 198 Å². The Hall–Kier alpha value is -3.22. The summed E-state index contributed by atoms with van der Waals surface area (Å²) in [7, 11) is -3.66. The molecule has 4 N–H and O–H groups in total. The van der Waals surface area contributed by atoms with Crippen LogP contribution < -0.4 is 15.6 Å². The van der Waals surface area contributed by atoms with Gasteiger partial charge in [0, 0.05) is 29.2 Å². The monoisotopic (exact) mass is 509 g/mol. The van der Waals surface area contributed by atoms with Crippen LogP contribution in [0.4, 0.5) is 13.2 Å². The summed E-state index contributed by atoms with van der Waals surface area (Å²) >= 11 is 0. The predicted octanol–water partition coefficient (Wildman–Crippen LogP) is 2.10. The minimum Gasteiger partial charge on any atom is -0.395 e. The Kier molecular flexibility index (Phi) is 6.71. The summed E-state index contributed by atoms with van der Waals surface area (Å²) in [5, 5.41) is 12.1. The molecule has 0 saturated carbocycles. The lowest BCUT2D eigenvalue weighted by molar-refractivity contribution is -0.137. The molecule has 1 aliphatic heterocycles. The molecule has 1 unspecified atom stereocenters. The van der Waals surface area contributed by atoms with Crippen LogP contribution in [-0.2, 0) is 21.0 Å². The Morgan fingerprint density at radius 2 is 1.83 bits per heavy atom. The van der Waals surface area contributed by atoms with Gasteiger partial charge in [0.2, 0.25) is 15.9 Å². The molecule has 4 rings (SSSR count). The molecule has 0 aliphatic carbocycles. The number of pyridine rings is 1. The third-order valence-corrected chi connectivity index (χ3v) is 7.21. The number of amides is 1. The Morgan fingerprint density at radius 3 is 2.54 bits per heavy atom. The van der Waals surface area contributed by atoms with Crippen molar-refractivity contribution in [1.29, 1.82) is 0 Å². The minimum atomic E-state index is -4.59. The molecule has 0 radical (unpaired) electrons. The van der Waals surface area contributed by atoms with Crippen LogP contribution in [0.15, 0.2) is 53.3 Å². The zero-order valence-corrected chi connectivity index (χ0v) is 19.0. The second kappa shape index (κ2) is 9.44. The molecule has 8 nitrogen and oxygen atoms in total. The number of fused-ring (bicyclic) bond motifs is 1. The maximum Gasteiger partial charge on any atom is 0.417 e. The molecule has 2 atom stereocenters. The Balaban J connectivity index is 1.61. The molecule has 2 aromatic carbocycles. The van der Waals surface area contributed by atoms with E-state index in [9.17, 15) is 31.2 Å². The number of sulfonamides is 1. The lowest BCUT2D eigenvalue weighted by atomic mass is 9.93. The van der Waals surface area contributed by atoms with Crippen LogP contribution in [0.25, 0.3) is 22.0 Å². The van der Waals surface area contributed by atoms with Gasteiger partial charge < -0.3 is 15.4 Å². The average Bonchev–Trinajstić information content (AvgIpc) is 3.17. The topological polar surface area (TPSA) is 128 Å². The summed E-state index contributed by atoms with van der Waals surface area (Å²) in [6.45, 7) is -0.565. The van der Waals surface area contributed by atoms with E-state index >= 15 is 0 Å². The van der Waals surface area contributed by atoms with Gasteiger partial charge in [-0.1, -0.05) is 30.3 Å². The first kappa shape index (κ1) is 24.9. The van der Waals surface area contributed by atoms with Crippen LogP contribution in [0, 0.1) is 0 Å².